The van der Waals surface area contributed by atoms with E-state index in [0.717, 1.165) is 18.4 Å². The van der Waals surface area contributed by atoms with Crippen molar-refractivity contribution >= 4 is 23.0 Å². The second-order valence-corrected chi connectivity index (χ2v) is 7.44. The maximum atomic E-state index is 12.5. The third kappa shape index (κ3) is 6.42. The highest BCUT2D eigenvalue weighted by atomic mass is 16.5. The fourth-order valence-corrected chi connectivity index (χ4v) is 3.07. The number of nitrogens with two attached hydrogens (primary N) is 2. The first-order valence-corrected chi connectivity index (χ1v) is 10.7. The Morgan fingerprint density at radius 2 is 2.09 bits per heavy atom. The average Bonchev–Trinajstić information content (AvgIpc) is 3.11. The number of pyridine rings is 1. The zero-order valence-electron chi connectivity index (χ0n) is 18.7. The van der Waals surface area contributed by atoms with Crippen LogP contribution in [0.3, 0.4) is 0 Å². The fraction of sp³-hybridized carbons (Fsp3) is 0.476. The van der Waals surface area contributed by atoms with Gasteiger partial charge in [0.05, 0.1) is 20.3 Å². The Morgan fingerprint density at radius 1 is 1.27 bits per heavy atom. The molecular weight excluding hydrogens is 430 g/mol. The number of aromatic nitrogens is 5. The number of fused-ring (bicyclic) bond motifs is 1. The van der Waals surface area contributed by atoms with Gasteiger partial charge in [-0.2, -0.15) is 9.97 Å². The van der Waals surface area contributed by atoms with Crippen molar-refractivity contribution in [1.82, 2.24) is 24.5 Å². The van der Waals surface area contributed by atoms with Crippen molar-refractivity contribution in [3.05, 3.63) is 34.4 Å². The van der Waals surface area contributed by atoms with Crippen LogP contribution in [-0.4, -0.2) is 50.4 Å². The number of rotatable bonds is 12. The summed E-state index contributed by atoms with van der Waals surface area (Å²) >= 11 is 0. The van der Waals surface area contributed by atoms with Crippen LogP contribution < -0.4 is 26.6 Å². The van der Waals surface area contributed by atoms with E-state index in [4.69, 9.17) is 20.9 Å². The SMILES string of the molecule is CCCCOc1nc(N)c2[nH]c(=O)n(Cc3ccc(OC(N)CCCC(=O)OC)nc3)c2n1. The Kier molecular flexibility index (Phi) is 8.19. The Labute approximate surface area is 190 Å². The molecule has 0 spiro atoms. The predicted molar refractivity (Wildman–Crippen MR) is 121 cm³/mol. The highest BCUT2D eigenvalue weighted by Gasteiger charge is 2.15. The molecule has 0 amide bonds. The van der Waals surface area contributed by atoms with Gasteiger partial charge in [0.1, 0.15) is 11.7 Å². The third-order valence-electron chi connectivity index (χ3n) is 4.87. The van der Waals surface area contributed by atoms with Gasteiger partial charge in [0.15, 0.2) is 11.5 Å². The van der Waals surface area contributed by atoms with Crippen LogP contribution in [0.2, 0.25) is 0 Å². The van der Waals surface area contributed by atoms with Gasteiger partial charge in [0, 0.05) is 18.7 Å². The minimum absolute atomic E-state index is 0.129. The molecule has 3 aromatic rings. The maximum absolute atomic E-state index is 12.5. The lowest BCUT2D eigenvalue weighted by atomic mass is 10.2. The van der Waals surface area contributed by atoms with Crippen LogP contribution in [-0.2, 0) is 16.1 Å². The summed E-state index contributed by atoms with van der Waals surface area (Å²) in [6, 6.07) is 3.57. The molecule has 5 N–H and O–H groups in total. The molecule has 0 aliphatic heterocycles. The molecule has 1 atom stereocenters. The summed E-state index contributed by atoms with van der Waals surface area (Å²) in [5, 5.41) is 0. The van der Waals surface area contributed by atoms with E-state index >= 15 is 0 Å². The minimum Gasteiger partial charge on any atom is -0.469 e. The van der Waals surface area contributed by atoms with E-state index in [9.17, 15) is 9.59 Å². The van der Waals surface area contributed by atoms with Gasteiger partial charge in [-0.3, -0.25) is 15.1 Å². The molecule has 0 aromatic carbocycles. The van der Waals surface area contributed by atoms with E-state index in [-0.39, 0.29) is 36.5 Å². The molecule has 0 saturated carbocycles. The van der Waals surface area contributed by atoms with Crippen LogP contribution in [0.5, 0.6) is 11.9 Å². The Morgan fingerprint density at radius 3 is 2.79 bits per heavy atom. The normalized spacial score (nSPS) is 12.0. The van der Waals surface area contributed by atoms with Crippen molar-refractivity contribution in [1.29, 1.82) is 0 Å². The molecule has 12 heteroatoms. The van der Waals surface area contributed by atoms with E-state index in [1.807, 2.05) is 0 Å². The number of nitrogen functional groups attached to an aromatic ring is 1. The maximum Gasteiger partial charge on any atom is 0.328 e. The van der Waals surface area contributed by atoms with E-state index in [1.54, 1.807) is 18.3 Å². The van der Waals surface area contributed by atoms with Crippen LogP contribution in [0.1, 0.15) is 44.6 Å². The van der Waals surface area contributed by atoms with Crippen molar-refractivity contribution in [2.75, 3.05) is 19.5 Å². The second kappa shape index (κ2) is 11.3. The number of methoxy groups -OCH3 is 1. The summed E-state index contributed by atoms with van der Waals surface area (Å²) in [4.78, 5) is 39.1. The first kappa shape index (κ1) is 24.0. The molecule has 0 aliphatic rings. The third-order valence-corrected chi connectivity index (χ3v) is 4.87. The van der Waals surface area contributed by atoms with E-state index in [0.29, 0.717) is 36.5 Å². The van der Waals surface area contributed by atoms with Crippen LogP contribution in [0, 0.1) is 0 Å². The lowest BCUT2D eigenvalue weighted by molar-refractivity contribution is -0.140. The zero-order chi connectivity index (χ0) is 23.8. The molecule has 0 fully saturated rings. The molecule has 0 saturated heterocycles. The Bertz CT molecular complexity index is 1130. The van der Waals surface area contributed by atoms with Gasteiger partial charge in [-0.1, -0.05) is 19.4 Å². The van der Waals surface area contributed by atoms with Crippen molar-refractivity contribution in [2.24, 2.45) is 5.73 Å². The molecule has 3 heterocycles. The smallest absolute Gasteiger partial charge is 0.328 e. The Hall–Kier alpha value is -3.67. The number of carbonyl (C=O) groups is 1. The van der Waals surface area contributed by atoms with Gasteiger partial charge in [-0.15, -0.1) is 0 Å². The van der Waals surface area contributed by atoms with Gasteiger partial charge in [-0.25, -0.2) is 9.78 Å². The number of H-pyrrole nitrogens is 1. The van der Waals surface area contributed by atoms with Gasteiger partial charge in [0.25, 0.3) is 0 Å². The number of unbranched alkanes of at least 4 members (excludes halogenated alkanes) is 1. The summed E-state index contributed by atoms with van der Waals surface area (Å²) in [7, 11) is 1.34. The number of anilines is 1. The quantitative estimate of drug-likeness (QED) is 0.204. The van der Waals surface area contributed by atoms with Crippen molar-refractivity contribution in [2.45, 2.75) is 51.8 Å². The minimum atomic E-state index is -0.602. The van der Waals surface area contributed by atoms with E-state index in [1.165, 1.54) is 11.7 Å². The van der Waals surface area contributed by atoms with Crippen LogP contribution in [0.15, 0.2) is 23.1 Å². The van der Waals surface area contributed by atoms with Crippen LogP contribution >= 0.6 is 0 Å². The number of esters is 1. The lowest BCUT2D eigenvalue weighted by Gasteiger charge is -2.13. The van der Waals surface area contributed by atoms with Gasteiger partial charge >= 0.3 is 17.7 Å². The molecule has 178 valence electrons. The molecule has 12 nitrogen and oxygen atoms in total. The topological polar surface area (TPSA) is 173 Å². The average molecular weight is 460 g/mol. The van der Waals surface area contributed by atoms with Gasteiger partial charge in [-0.05, 0) is 24.8 Å². The molecule has 0 radical (unpaired) electrons. The number of imidazole rings is 1. The molecule has 0 aliphatic carbocycles. The molecule has 3 rings (SSSR count). The fourth-order valence-electron chi connectivity index (χ4n) is 3.07. The summed E-state index contributed by atoms with van der Waals surface area (Å²) in [6.45, 7) is 2.73. The molecule has 1 unspecified atom stereocenters. The molecule has 0 bridgehead atoms. The highest BCUT2D eigenvalue weighted by Crippen LogP contribution is 2.19. The lowest BCUT2D eigenvalue weighted by Crippen LogP contribution is -2.27. The van der Waals surface area contributed by atoms with Crippen LogP contribution in [0.4, 0.5) is 5.82 Å². The number of hydrogen-bond acceptors (Lipinski definition) is 10. The number of nitrogens with one attached hydrogen (secondary N) is 1. The number of carbonyl (C=O) groups excluding carboxylic acids is 1. The summed E-state index contributed by atoms with van der Waals surface area (Å²) in [5.74, 6) is 0.197. The second-order valence-electron chi connectivity index (χ2n) is 7.44. The zero-order valence-corrected chi connectivity index (χ0v) is 18.7. The first-order valence-electron chi connectivity index (χ1n) is 10.7. The predicted octanol–water partition coefficient (Wildman–Crippen LogP) is 1.33. The van der Waals surface area contributed by atoms with Crippen LogP contribution in [0.25, 0.3) is 11.2 Å². The monoisotopic (exact) mass is 459 g/mol. The van der Waals surface area contributed by atoms with Gasteiger partial charge in [0.2, 0.25) is 5.88 Å². The standard InChI is InChI=1S/C21H29N7O5/c1-3-4-10-32-20-26-18(23)17-19(27-20)28(21(30)25-17)12-13-8-9-15(24-11-13)33-14(22)6-5-7-16(29)31-2/h8-9,11,14H,3-7,10,12,22H2,1-2H3,(H,25,30)(H2,23,26,27). The molecule has 33 heavy (non-hydrogen) atoms. The summed E-state index contributed by atoms with van der Waals surface area (Å²) < 4.78 is 17.2. The highest BCUT2D eigenvalue weighted by molar-refractivity contribution is 5.81. The van der Waals surface area contributed by atoms with E-state index in [2.05, 4.69) is 31.6 Å². The Balaban J connectivity index is 1.67. The van der Waals surface area contributed by atoms with Crippen molar-refractivity contribution in [3.8, 4) is 11.9 Å². The summed E-state index contributed by atoms with van der Waals surface area (Å²) in [6.07, 6.45) is 4.12. The molecular formula is C21H29N7O5. The number of ether oxygens (including phenoxy) is 3. The van der Waals surface area contributed by atoms with Gasteiger partial charge < -0.3 is 24.9 Å². The largest absolute Gasteiger partial charge is 0.469 e. The first-order chi connectivity index (χ1) is 15.9. The number of hydrogen-bond donors (Lipinski definition) is 3. The number of nitrogens with zero attached hydrogens (tertiary/aromatic N) is 4. The van der Waals surface area contributed by atoms with Crippen molar-refractivity contribution in [3.63, 3.8) is 0 Å². The molecule has 3 aromatic heterocycles. The van der Waals surface area contributed by atoms with E-state index < -0.39 is 6.23 Å². The summed E-state index contributed by atoms with van der Waals surface area (Å²) in [5.41, 5.74) is 13.0. The van der Waals surface area contributed by atoms with Crippen molar-refractivity contribution < 1.29 is 19.0 Å². The number of aromatic amines is 1.